The molecule has 0 aliphatic carbocycles. The van der Waals surface area contributed by atoms with Crippen molar-refractivity contribution in [1.29, 1.82) is 0 Å². The predicted molar refractivity (Wildman–Crippen MR) is 93.9 cm³/mol. The van der Waals surface area contributed by atoms with Crippen molar-refractivity contribution in [3.63, 3.8) is 0 Å². The molecule has 2 aromatic rings. The number of nitrogens with one attached hydrogen (secondary N) is 1. The minimum absolute atomic E-state index is 0.0980. The van der Waals surface area contributed by atoms with E-state index in [2.05, 4.69) is 22.4 Å². The SMILES string of the molecule is COCCc1nc(CNC(C)c2ccc(OC(C)C)c(OC)c2)no1. The normalized spacial score (nSPS) is 12.4. The Kier molecular flexibility index (Phi) is 7.21. The summed E-state index contributed by atoms with van der Waals surface area (Å²) >= 11 is 0. The van der Waals surface area contributed by atoms with E-state index in [1.807, 2.05) is 32.0 Å². The van der Waals surface area contributed by atoms with Crippen LogP contribution in [0.15, 0.2) is 22.7 Å². The Morgan fingerprint density at radius 2 is 1.96 bits per heavy atom. The van der Waals surface area contributed by atoms with Crippen LogP contribution in [0.25, 0.3) is 0 Å². The van der Waals surface area contributed by atoms with Crippen LogP contribution in [0, 0.1) is 0 Å². The topological polar surface area (TPSA) is 78.6 Å². The molecule has 138 valence electrons. The van der Waals surface area contributed by atoms with E-state index < -0.39 is 0 Å². The summed E-state index contributed by atoms with van der Waals surface area (Å²) in [6.07, 6.45) is 0.717. The molecule has 0 aliphatic rings. The Morgan fingerprint density at radius 3 is 2.64 bits per heavy atom. The van der Waals surface area contributed by atoms with E-state index in [0.29, 0.717) is 31.3 Å². The number of methoxy groups -OCH3 is 2. The van der Waals surface area contributed by atoms with Gasteiger partial charge in [-0.3, -0.25) is 0 Å². The molecule has 0 saturated heterocycles. The van der Waals surface area contributed by atoms with Crippen molar-refractivity contribution in [2.75, 3.05) is 20.8 Å². The van der Waals surface area contributed by atoms with E-state index in [0.717, 1.165) is 17.1 Å². The summed E-state index contributed by atoms with van der Waals surface area (Å²) < 4.78 is 21.4. The van der Waals surface area contributed by atoms with Crippen molar-refractivity contribution in [3.8, 4) is 11.5 Å². The van der Waals surface area contributed by atoms with Gasteiger partial charge in [0.2, 0.25) is 5.89 Å². The highest BCUT2D eigenvalue weighted by Gasteiger charge is 2.13. The third-order valence-corrected chi connectivity index (χ3v) is 3.65. The molecule has 0 spiro atoms. The number of rotatable bonds is 10. The van der Waals surface area contributed by atoms with Crippen LogP contribution in [0.4, 0.5) is 0 Å². The molecule has 1 N–H and O–H groups in total. The average Bonchev–Trinajstić information content (AvgIpc) is 3.05. The first-order valence-electron chi connectivity index (χ1n) is 8.41. The van der Waals surface area contributed by atoms with Crippen molar-refractivity contribution in [2.24, 2.45) is 0 Å². The van der Waals surface area contributed by atoms with Crippen LogP contribution in [-0.2, 0) is 17.7 Å². The molecule has 0 radical (unpaired) electrons. The highest BCUT2D eigenvalue weighted by Crippen LogP contribution is 2.31. The van der Waals surface area contributed by atoms with Gasteiger partial charge < -0.3 is 24.1 Å². The van der Waals surface area contributed by atoms with E-state index in [1.54, 1.807) is 14.2 Å². The van der Waals surface area contributed by atoms with Crippen LogP contribution in [0.2, 0.25) is 0 Å². The summed E-state index contributed by atoms with van der Waals surface area (Å²) in [6.45, 7) is 7.14. The van der Waals surface area contributed by atoms with Crippen molar-refractivity contribution in [2.45, 2.75) is 45.9 Å². The van der Waals surface area contributed by atoms with Gasteiger partial charge in [-0.2, -0.15) is 4.98 Å². The van der Waals surface area contributed by atoms with E-state index in [9.17, 15) is 0 Å². The summed E-state index contributed by atoms with van der Waals surface area (Å²) in [6, 6.07) is 6.04. The second-order valence-corrected chi connectivity index (χ2v) is 6.03. The van der Waals surface area contributed by atoms with Crippen LogP contribution in [0.1, 0.15) is 44.1 Å². The van der Waals surface area contributed by atoms with E-state index in [1.165, 1.54) is 0 Å². The fraction of sp³-hybridized carbons (Fsp3) is 0.556. The molecule has 1 atom stereocenters. The molecule has 7 nitrogen and oxygen atoms in total. The van der Waals surface area contributed by atoms with E-state index in [4.69, 9.17) is 18.7 Å². The largest absolute Gasteiger partial charge is 0.493 e. The highest BCUT2D eigenvalue weighted by molar-refractivity contribution is 5.43. The molecule has 25 heavy (non-hydrogen) atoms. The lowest BCUT2D eigenvalue weighted by atomic mass is 10.1. The quantitative estimate of drug-likeness (QED) is 0.706. The van der Waals surface area contributed by atoms with Gasteiger partial charge in [0.25, 0.3) is 0 Å². The number of aromatic nitrogens is 2. The van der Waals surface area contributed by atoms with Crippen molar-refractivity contribution < 1.29 is 18.7 Å². The molecule has 7 heteroatoms. The zero-order valence-corrected chi connectivity index (χ0v) is 15.5. The van der Waals surface area contributed by atoms with Gasteiger partial charge in [0.05, 0.1) is 32.8 Å². The number of nitrogens with zero attached hydrogens (tertiary/aromatic N) is 2. The molecule has 0 fully saturated rings. The summed E-state index contributed by atoms with van der Waals surface area (Å²) in [4.78, 5) is 4.33. The Hall–Kier alpha value is -2.12. The maximum absolute atomic E-state index is 5.75. The summed E-state index contributed by atoms with van der Waals surface area (Å²) in [7, 11) is 3.29. The Bertz CT molecular complexity index is 658. The summed E-state index contributed by atoms with van der Waals surface area (Å²) in [5, 5.41) is 7.35. The van der Waals surface area contributed by atoms with Gasteiger partial charge >= 0.3 is 0 Å². The summed E-state index contributed by atoms with van der Waals surface area (Å²) in [5.74, 6) is 2.68. The second-order valence-electron chi connectivity index (χ2n) is 6.03. The van der Waals surface area contributed by atoms with Crippen molar-refractivity contribution in [1.82, 2.24) is 15.5 Å². The first-order valence-corrected chi connectivity index (χ1v) is 8.41. The molecular formula is C18H27N3O4. The molecule has 1 aromatic heterocycles. The van der Waals surface area contributed by atoms with Crippen LogP contribution >= 0.6 is 0 Å². The average molecular weight is 349 g/mol. The zero-order valence-electron chi connectivity index (χ0n) is 15.5. The molecule has 1 heterocycles. The Balaban J connectivity index is 1.95. The van der Waals surface area contributed by atoms with Gasteiger partial charge in [-0.05, 0) is 38.5 Å². The van der Waals surface area contributed by atoms with Crippen molar-refractivity contribution in [3.05, 3.63) is 35.5 Å². The smallest absolute Gasteiger partial charge is 0.229 e. The first-order chi connectivity index (χ1) is 12.0. The minimum Gasteiger partial charge on any atom is -0.493 e. The predicted octanol–water partition coefficient (Wildman–Crippen LogP) is 2.91. The third kappa shape index (κ3) is 5.72. The van der Waals surface area contributed by atoms with Crippen LogP contribution in [0.3, 0.4) is 0 Å². The Morgan fingerprint density at radius 1 is 1.16 bits per heavy atom. The van der Waals surface area contributed by atoms with Crippen LogP contribution in [0.5, 0.6) is 11.5 Å². The molecule has 0 aliphatic heterocycles. The van der Waals surface area contributed by atoms with Crippen molar-refractivity contribution >= 4 is 0 Å². The van der Waals surface area contributed by atoms with E-state index in [-0.39, 0.29) is 12.1 Å². The second kappa shape index (κ2) is 9.39. The number of hydrogen-bond donors (Lipinski definition) is 1. The maximum Gasteiger partial charge on any atom is 0.229 e. The van der Waals surface area contributed by atoms with Crippen LogP contribution < -0.4 is 14.8 Å². The van der Waals surface area contributed by atoms with Gasteiger partial charge in [0.1, 0.15) is 0 Å². The number of hydrogen-bond acceptors (Lipinski definition) is 7. The first kappa shape index (κ1) is 19.2. The molecule has 2 rings (SSSR count). The van der Waals surface area contributed by atoms with Gasteiger partial charge in [0.15, 0.2) is 17.3 Å². The molecule has 0 bridgehead atoms. The van der Waals surface area contributed by atoms with Gasteiger partial charge in [0, 0.05) is 13.2 Å². The van der Waals surface area contributed by atoms with Crippen LogP contribution in [-0.4, -0.2) is 37.1 Å². The monoisotopic (exact) mass is 349 g/mol. The third-order valence-electron chi connectivity index (χ3n) is 3.65. The fourth-order valence-electron chi connectivity index (χ4n) is 2.32. The van der Waals surface area contributed by atoms with Gasteiger partial charge in [-0.1, -0.05) is 11.2 Å². The molecule has 1 aromatic carbocycles. The number of ether oxygens (including phenoxy) is 3. The molecular weight excluding hydrogens is 322 g/mol. The minimum atomic E-state index is 0.0980. The summed E-state index contributed by atoms with van der Waals surface area (Å²) in [5.41, 5.74) is 1.09. The van der Waals surface area contributed by atoms with Gasteiger partial charge in [-0.15, -0.1) is 0 Å². The number of benzene rings is 1. The molecule has 0 amide bonds. The lowest BCUT2D eigenvalue weighted by Gasteiger charge is -2.17. The fourth-order valence-corrected chi connectivity index (χ4v) is 2.32. The standard InChI is InChI=1S/C18H27N3O4/c1-12(2)24-15-7-6-14(10-16(15)23-5)13(3)19-11-17-20-18(25-21-17)8-9-22-4/h6-7,10,12-13,19H,8-9,11H2,1-5H3. The van der Waals surface area contributed by atoms with E-state index >= 15 is 0 Å². The lowest BCUT2D eigenvalue weighted by Crippen LogP contribution is -2.19. The molecule has 0 saturated carbocycles. The highest BCUT2D eigenvalue weighted by atomic mass is 16.5. The maximum atomic E-state index is 5.75. The Labute approximate surface area is 148 Å². The zero-order chi connectivity index (χ0) is 18.2. The lowest BCUT2D eigenvalue weighted by molar-refractivity contribution is 0.192. The van der Waals surface area contributed by atoms with Gasteiger partial charge in [-0.25, -0.2) is 0 Å². The molecule has 1 unspecified atom stereocenters.